The van der Waals surface area contributed by atoms with Crippen molar-refractivity contribution in [3.63, 3.8) is 0 Å². The SMILES string of the molecule is O=C(C1CCOCC1)N1CCC[C@@H](CCc2ccccc2F)C1. The molecule has 1 atom stereocenters. The van der Waals surface area contributed by atoms with Crippen molar-refractivity contribution in [2.75, 3.05) is 26.3 Å². The van der Waals surface area contributed by atoms with E-state index < -0.39 is 0 Å². The monoisotopic (exact) mass is 319 g/mol. The Balaban J connectivity index is 1.51. The fourth-order valence-electron chi connectivity index (χ4n) is 3.76. The van der Waals surface area contributed by atoms with Crippen LogP contribution in [0.15, 0.2) is 24.3 Å². The number of benzene rings is 1. The van der Waals surface area contributed by atoms with E-state index in [1.165, 1.54) is 6.07 Å². The Bertz CT molecular complexity index is 528. The highest BCUT2D eigenvalue weighted by molar-refractivity contribution is 5.79. The van der Waals surface area contributed by atoms with E-state index in [0.717, 1.165) is 57.2 Å². The summed E-state index contributed by atoms with van der Waals surface area (Å²) >= 11 is 0. The van der Waals surface area contributed by atoms with Gasteiger partial charge in [-0.25, -0.2) is 4.39 Å². The van der Waals surface area contributed by atoms with Crippen LogP contribution in [0, 0.1) is 17.7 Å². The number of nitrogens with zero attached hydrogens (tertiary/aromatic N) is 1. The largest absolute Gasteiger partial charge is 0.381 e. The summed E-state index contributed by atoms with van der Waals surface area (Å²) in [5.41, 5.74) is 0.792. The van der Waals surface area contributed by atoms with Crippen LogP contribution >= 0.6 is 0 Å². The van der Waals surface area contributed by atoms with Crippen LogP contribution < -0.4 is 0 Å². The molecule has 0 saturated carbocycles. The number of aryl methyl sites for hydroxylation is 1. The molecule has 2 aliphatic heterocycles. The number of hydrogen-bond donors (Lipinski definition) is 0. The third kappa shape index (κ3) is 4.31. The summed E-state index contributed by atoms with van der Waals surface area (Å²) < 4.78 is 19.1. The summed E-state index contributed by atoms with van der Waals surface area (Å²) in [6, 6.07) is 7.01. The molecule has 1 aromatic rings. The molecular formula is C19H26FNO2. The molecule has 4 heteroatoms. The van der Waals surface area contributed by atoms with Crippen molar-refractivity contribution in [2.24, 2.45) is 11.8 Å². The average molecular weight is 319 g/mol. The van der Waals surface area contributed by atoms with Crippen LogP contribution in [0.2, 0.25) is 0 Å². The number of amides is 1. The van der Waals surface area contributed by atoms with Crippen LogP contribution in [-0.2, 0) is 16.0 Å². The Labute approximate surface area is 137 Å². The Kier molecular flexibility index (Phi) is 5.65. The van der Waals surface area contributed by atoms with Gasteiger partial charge in [-0.1, -0.05) is 18.2 Å². The first-order valence-corrected chi connectivity index (χ1v) is 8.84. The number of rotatable bonds is 4. The first-order chi connectivity index (χ1) is 11.2. The molecule has 0 unspecified atom stereocenters. The second-order valence-corrected chi connectivity index (χ2v) is 6.81. The van der Waals surface area contributed by atoms with E-state index in [0.29, 0.717) is 25.0 Å². The number of ether oxygens (including phenoxy) is 1. The summed E-state index contributed by atoms with van der Waals surface area (Å²) in [6.45, 7) is 3.14. The van der Waals surface area contributed by atoms with Crippen LogP contribution in [0.5, 0.6) is 0 Å². The molecule has 2 fully saturated rings. The van der Waals surface area contributed by atoms with Gasteiger partial charge in [0.05, 0.1) is 0 Å². The predicted octanol–water partition coefficient (Wildman–Crippen LogP) is 3.42. The van der Waals surface area contributed by atoms with Crippen LogP contribution in [-0.4, -0.2) is 37.1 Å². The van der Waals surface area contributed by atoms with Gasteiger partial charge in [0.25, 0.3) is 0 Å². The lowest BCUT2D eigenvalue weighted by molar-refractivity contribution is -0.140. The maximum atomic E-state index is 13.7. The minimum atomic E-state index is -0.113. The molecule has 1 amide bonds. The van der Waals surface area contributed by atoms with E-state index in [-0.39, 0.29) is 11.7 Å². The van der Waals surface area contributed by atoms with Crippen LogP contribution in [0.3, 0.4) is 0 Å². The van der Waals surface area contributed by atoms with Crippen molar-refractivity contribution in [3.8, 4) is 0 Å². The smallest absolute Gasteiger partial charge is 0.225 e. The van der Waals surface area contributed by atoms with E-state index in [1.807, 2.05) is 17.0 Å². The Morgan fingerprint density at radius 2 is 2.00 bits per heavy atom. The second-order valence-electron chi connectivity index (χ2n) is 6.81. The standard InChI is InChI=1S/C19H26FNO2/c20-18-6-2-1-5-16(18)8-7-15-4-3-11-21(14-15)19(22)17-9-12-23-13-10-17/h1-2,5-6,15,17H,3-4,7-14H2/t15-/m0/s1. The molecule has 3 rings (SSSR count). The Morgan fingerprint density at radius 3 is 2.78 bits per heavy atom. The molecule has 0 radical (unpaired) electrons. The first kappa shape index (κ1) is 16.4. The van der Waals surface area contributed by atoms with Crippen molar-refractivity contribution in [1.29, 1.82) is 0 Å². The van der Waals surface area contributed by atoms with Crippen LogP contribution in [0.1, 0.15) is 37.7 Å². The van der Waals surface area contributed by atoms with E-state index in [1.54, 1.807) is 6.07 Å². The molecule has 0 aromatic heterocycles. The fourth-order valence-corrected chi connectivity index (χ4v) is 3.76. The fraction of sp³-hybridized carbons (Fsp3) is 0.632. The summed E-state index contributed by atoms with van der Waals surface area (Å²) in [4.78, 5) is 14.7. The first-order valence-electron chi connectivity index (χ1n) is 8.84. The van der Waals surface area contributed by atoms with Gasteiger partial charge in [0, 0.05) is 32.2 Å². The highest BCUT2D eigenvalue weighted by Crippen LogP contribution is 2.25. The normalized spacial score (nSPS) is 23.0. The van der Waals surface area contributed by atoms with E-state index in [9.17, 15) is 9.18 Å². The van der Waals surface area contributed by atoms with Gasteiger partial charge in [-0.15, -0.1) is 0 Å². The van der Waals surface area contributed by atoms with Gasteiger partial charge < -0.3 is 9.64 Å². The minimum Gasteiger partial charge on any atom is -0.381 e. The number of carbonyl (C=O) groups is 1. The molecule has 0 spiro atoms. The Hall–Kier alpha value is -1.42. The zero-order chi connectivity index (χ0) is 16.1. The van der Waals surface area contributed by atoms with Crippen molar-refractivity contribution < 1.29 is 13.9 Å². The van der Waals surface area contributed by atoms with Gasteiger partial charge in [-0.05, 0) is 56.1 Å². The maximum absolute atomic E-state index is 13.7. The average Bonchev–Trinajstić information content (AvgIpc) is 2.61. The van der Waals surface area contributed by atoms with E-state index >= 15 is 0 Å². The predicted molar refractivity (Wildman–Crippen MR) is 87.6 cm³/mol. The lowest BCUT2D eigenvalue weighted by Gasteiger charge is -2.36. The summed E-state index contributed by atoms with van der Waals surface area (Å²) in [5.74, 6) is 0.837. The quantitative estimate of drug-likeness (QED) is 0.851. The van der Waals surface area contributed by atoms with Gasteiger partial charge in [-0.3, -0.25) is 4.79 Å². The van der Waals surface area contributed by atoms with Crippen molar-refractivity contribution in [1.82, 2.24) is 4.90 Å². The minimum absolute atomic E-state index is 0.113. The van der Waals surface area contributed by atoms with Crippen LogP contribution in [0.25, 0.3) is 0 Å². The zero-order valence-corrected chi connectivity index (χ0v) is 13.7. The third-order valence-electron chi connectivity index (χ3n) is 5.18. The molecule has 0 aliphatic carbocycles. The number of halogens is 1. The van der Waals surface area contributed by atoms with Crippen molar-refractivity contribution in [3.05, 3.63) is 35.6 Å². The maximum Gasteiger partial charge on any atom is 0.225 e. The number of piperidine rings is 1. The zero-order valence-electron chi connectivity index (χ0n) is 13.7. The molecule has 0 bridgehead atoms. The van der Waals surface area contributed by atoms with Gasteiger partial charge in [-0.2, -0.15) is 0 Å². The molecule has 2 saturated heterocycles. The Morgan fingerprint density at radius 1 is 1.22 bits per heavy atom. The highest BCUT2D eigenvalue weighted by atomic mass is 19.1. The summed E-state index contributed by atoms with van der Waals surface area (Å²) in [6.07, 6.45) is 5.64. The number of carbonyl (C=O) groups excluding carboxylic acids is 1. The van der Waals surface area contributed by atoms with Crippen molar-refractivity contribution in [2.45, 2.75) is 38.5 Å². The van der Waals surface area contributed by atoms with E-state index in [4.69, 9.17) is 4.74 Å². The van der Waals surface area contributed by atoms with Gasteiger partial charge in [0.2, 0.25) is 5.91 Å². The lowest BCUT2D eigenvalue weighted by atomic mass is 9.90. The molecule has 0 N–H and O–H groups in total. The summed E-state index contributed by atoms with van der Waals surface area (Å²) in [5, 5.41) is 0. The lowest BCUT2D eigenvalue weighted by Crippen LogP contribution is -2.44. The molecular weight excluding hydrogens is 293 g/mol. The van der Waals surface area contributed by atoms with Gasteiger partial charge in [0.15, 0.2) is 0 Å². The molecule has 1 aromatic carbocycles. The summed E-state index contributed by atoms with van der Waals surface area (Å²) in [7, 11) is 0. The number of hydrogen-bond acceptors (Lipinski definition) is 2. The third-order valence-corrected chi connectivity index (χ3v) is 5.18. The highest BCUT2D eigenvalue weighted by Gasteiger charge is 2.29. The molecule has 3 nitrogen and oxygen atoms in total. The van der Waals surface area contributed by atoms with Gasteiger partial charge >= 0.3 is 0 Å². The topological polar surface area (TPSA) is 29.5 Å². The number of likely N-dealkylation sites (tertiary alicyclic amines) is 1. The van der Waals surface area contributed by atoms with E-state index in [2.05, 4.69) is 0 Å². The molecule has 2 aliphatic rings. The van der Waals surface area contributed by atoms with Crippen LogP contribution in [0.4, 0.5) is 4.39 Å². The van der Waals surface area contributed by atoms with Crippen molar-refractivity contribution >= 4 is 5.91 Å². The van der Waals surface area contributed by atoms with Gasteiger partial charge in [0.1, 0.15) is 5.82 Å². The molecule has 23 heavy (non-hydrogen) atoms. The molecule has 2 heterocycles. The second kappa shape index (κ2) is 7.91. The molecule has 126 valence electrons.